The molecule has 5 heteroatoms. The van der Waals surface area contributed by atoms with Crippen LogP contribution in [-0.4, -0.2) is 13.7 Å². The molecule has 3 nitrogen and oxygen atoms in total. The number of nitrogens with two attached hydrogens (primary N) is 1. The van der Waals surface area contributed by atoms with Crippen molar-refractivity contribution in [3.05, 3.63) is 23.2 Å². The molecule has 1 aliphatic carbocycles. The molecular weight excluding hydrogens is 270 g/mol. The van der Waals surface area contributed by atoms with Gasteiger partial charge in [0.2, 0.25) is 0 Å². The molecule has 2 N–H and O–H groups in total. The van der Waals surface area contributed by atoms with Gasteiger partial charge in [-0.2, -0.15) is 0 Å². The number of hydrogen-bond donors (Lipinski definition) is 1. The average Bonchev–Trinajstić information content (AvgIpc) is 2.32. The third kappa shape index (κ3) is 2.64. The Kier molecular flexibility index (Phi) is 3.87. The quantitative estimate of drug-likeness (QED) is 0.849. The molecule has 1 aromatic rings. The van der Waals surface area contributed by atoms with Gasteiger partial charge in [-0.15, -0.1) is 0 Å². The van der Waals surface area contributed by atoms with Crippen LogP contribution < -0.4 is 5.73 Å². The Hall–Kier alpha value is -0.740. The maximum absolute atomic E-state index is 12.6. The first-order valence-corrected chi connectivity index (χ1v) is 8.12. The smallest absolute Gasteiger partial charge is 0.182 e. The minimum Gasteiger partial charge on any atom is -0.399 e. The number of nitrogen functional groups attached to an aromatic ring is 1. The van der Waals surface area contributed by atoms with Crippen LogP contribution in [0.15, 0.2) is 23.1 Å². The highest BCUT2D eigenvalue weighted by atomic mass is 35.5. The number of halogens is 1. The van der Waals surface area contributed by atoms with Crippen LogP contribution in [-0.2, 0) is 9.84 Å². The van der Waals surface area contributed by atoms with Crippen LogP contribution in [0.5, 0.6) is 0 Å². The van der Waals surface area contributed by atoms with Crippen molar-refractivity contribution in [3.8, 4) is 0 Å². The van der Waals surface area contributed by atoms with E-state index < -0.39 is 9.84 Å². The van der Waals surface area contributed by atoms with Gasteiger partial charge in [0.15, 0.2) is 9.84 Å². The van der Waals surface area contributed by atoms with Crippen LogP contribution in [0, 0.1) is 5.92 Å². The normalized spacial score (nSPS) is 25.0. The maximum atomic E-state index is 12.6. The van der Waals surface area contributed by atoms with Crippen LogP contribution in [0.25, 0.3) is 0 Å². The minimum atomic E-state index is -3.36. The van der Waals surface area contributed by atoms with Crippen molar-refractivity contribution in [1.82, 2.24) is 0 Å². The largest absolute Gasteiger partial charge is 0.399 e. The molecule has 0 spiro atoms. The molecule has 2 rings (SSSR count). The summed E-state index contributed by atoms with van der Waals surface area (Å²) in [6.07, 6.45) is 3.51. The van der Waals surface area contributed by atoms with Crippen molar-refractivity contribution in [2.45, 2.75) is 42.8 Å². The van der Waals surface area contributed by atoms with Gasteiger partial charge in [0, 0.05) is 5.69 Å². The third-order valence-corrected chi connectivity index (χ3v) is 6.29. The molecule has 0 aromatic heterocycles. The third-order valence-electron chi connectivity index (χ3n) is 3.59. The second-order valence-electron chi connectivity index (χ2n) is 5.13. The lowest BCUT2D eigenvalue weighted by Crippen LogP contribution is -2.27. The van der Waals surface area contributed by atoms with Crippen LogP contribution in [0.1, 0.15) is 32.6 Å². The molecule has 1 aromatic carbocycles. The van der Waals surface area contributed by atoms with E-state index in [4.69, 9.17) is 17.3 Å². The van der Waals surface area contributed by atoms with Gasteiger partial charge < -0.3 is 5.73 Å². The van der Waals surface area contributed by atoms with Crippen molar-refractivity contribution >= 4 is 27.1 Å². The first-order valence-electron chi connectivity index (χ1n) is 6.20. The molecule has 0 saturated heterocycles. The van der Waals surface area contributed by atoms with Crippen LogP contribution in [0.2, 0.25) is 5.02 Å². The molecule has 0 amide bonds. The number of anilines is 1. The van der Waals surface area contributed by atoms with E-state index in [9.17, 15) is 8.42 Å². The Labute approximate surface area is 113 Å². The van der Waals surface area contributed by atoms with Crippen molar-refractivity contribution < 1.29 is 8.42 Å². The Balaban J connectivity index is 2.38. The Morgan fingerprint density at radius 2 is 2.06 bits per heavy atom. The van der Waals surface area contributed by atoms with Crippen molar-refractivity contribution in [2.75, 3.05) is 5.73 Å². The summed E-state index contributed by atoms with van der Waals surface area (Å²) in [5, 5.41) is -0.0528. The summed E-state index contributed by atoms with van der Waals surface area (Å²) in [5.41, 5.74) is 6.09. The molecule has 2 atom stereocenters. The van der Waals surface area contributed by atoms with E-state index in [2.05, 4.69) is 6.92 Å². The molecule has 2 unspecified atom stereocenters. The number of sulfone groups is 1. The Morgan fingerprint density at radius 3 is 2.72 bits per heavy atom. The summed E-state index contributed by atoms with van der Waals surface area (Å²) in [5.74, 6) is 0.457. The summed E-state index contributed by atoms with van der Waals surface area (Å²) in [4.78, 5) is 0.184. The lowest BCUT2D eigenvalue weighted by molar-refractivity contribution is 0.382. The lowest BCUT2D eigenvalue weighted by Gasteiger charge is -2.26. The van der Waals surface area contributed by atoms with Gasteiger partial charge >= 0.3 is 0 Å². The summed E-state index contributed by atoms with van der Waals surface area (Å²) >= 11 is 6.00. The molecule has 1 aliphatic rings. The second kappa shape index (κ2) is 5.10. The van der Waals surface area contributed by atoms with Crippen molar-refractivity contribution in [3.63, 3.8) is 0 Å². The molecule has 0 radical (unpaired) electrons. The predicted molar refractivity (Wildman–Crippen MR) is 74.5 cm³/mol. The van der Waals surface area contributed by atoms with E-state index in [0.29, 0.717) is 18.0 Å². The van der Waals surface area contributed by atoms with Gasteiger partial charge in [0.1, 0.15) is 0 Å². The van der Waals surface area contributed by atoms with E-state index in [1.165, 1.54) is 6.07 Å². The van der Waals surface area contributed by atoms with E-state index in [-0.39, 0.29) is 15.2 Å². The standard InChI is InChI=1S/C13H18ClNO2S/c1-9-3-2-4-11(7-9)18(16,17)13-8-10(15)5-6-12(13)14/h5-6,8-9,11H,2-4,7,15H2,1H3. The van der Waals surface area contributed by atoms with Crippen LogP contribution in [0.3, 0.4) is 0 Å². The maximum Gasteiger partial charge on any atom is 0.182 e. The molecule has 0 aliphatic heterocycles. The predicted octanol–water partition coefficient (Wildman–Crippen LogP) is 3.27. The topological polar surface area (TPSA) is 60.2 Å². The fourth-order valence-electron chi connectivity index (χ4n) is 2.58. The van der Waals surface area contributed by atoms with Crippen molar-refractivity contribution in [2.24, 2.45) is 5.92 Å². The van der Waals surface area contributed by atoms with E-state index >= 15 is 0 Å². The highest BCUT2D eigenvalue weighted by Crippen LogP contribution is 2.35. The number of rotatable bonds is 2. The monoisotopic (exact) mass is 287 g/mol. The fraction of sp³-hybridized carbons (Fsp3) is 0.538. The number of benzene rings is 1. The highest BCUT2D eigenvalue weighted by molar-refractivity contribution is 7.92. The van der Waals surface area contributed by atoms with Gasteiger partial charge in [0.05, 0.1) is 15.2 Å². The molecule has 0 bridgehead atoms. The minimum absolute atomic E-state index is 0.184. The van der Waals surface area contributed by atoms with E-state index in [1.54, 1.807) is 12.1 Å². The molecular formula is C13H18ClNO2S. The highest BCUT2D eigenvalue weighted by Gasteiger charge is 2.32. The zero-order chi connectivity index (χ0) is 13.3. The summed E-state index contributed by atoms with van der Waals surface area (Å²) < 4.78 is 25.1. The van der Waals surface area contributed by atoms with Crippen LogP contribution >= 0.6 is 11.6 Å². The summed E-state index contributed by atoms with van der Waals surface area (Å²) in [7, 11) is -3.36. The summed E-state index contributed by atoms with van der Waals surface area (Å²) in [6.45, 7) is 2.10. The van der Waals surface area contributed by atoms with E-state index in [0.717, 1.165) is 19.3 Å². The first kappa shape index (κ1) is 13.7. The average molecular weight is 288 g/mol. The molecule has 0 heterocycles. The summed E-state index contributed by atoms with van der Waals surface area (Å²) in [6, 6.07) is 4.64. The van der Waals surface area contributed by atoms with Gasteiger partial charge in [0.25, 0.3) is 0 Å². The van der Waals surface area contributed by atoms with Gasteiger partial charge in [-0.3, -0.25) is 0 Å². The van der Waals surface area contributed by atoms with Gasteiger partial charge in [-0.05, 0) is 37.0 Å². The van der Waals surface area contributed by atoms with Crippen LogP contribution in [0.4, 0.5) is 5.69 Å². The molecule has 18 heavy (non-hydrogen) atoms. The lowest BCUT2D eigenvalue weighted by atomic mass is 9.91. The molecule has 100 valence electrons. The van der Waals surface area contributed by atoms with Gasteiger partial charge in [-0.25, -0.2) is 8.42 Å². The Morgan fingerprint density at radius 1 is 1.33 bits per heavy atom. The molecule has 1 fully saturated rings. The Bertz CT molecular complexity index is 542. The molecule has 1 saturated carbocycles. The second-order valence-corrected chi connectivity index (χ2v) is 7.73. The zero-order valence-corrected chi connectivity index (χ0v) is 12.0. The number of hydrogen-bond acceptors (Lipinski definition) is 3. The SMILES string of the molecule is CC1CCCC(S(=O)(=O)c2cc(N)ccc2Cl)C1. The zero-order valence-electron chi connectivity index (χ0n) is 10.4. The van der Waals surface area contributed by atoms with Crippen molar-refractivity contribution in [1.29, 1.82) is 0 Å². The first-order chi connectivity index (χ1) is 8.41. The van der Waals surface area contributed by atoms with E-state index in [1.807, 2.05) is 0 Å². The fourth-order valence-corrected chi connectivity index (χ4v) is 5.08. The van der Waals surface area contributed by atoms with Gasteiger partial charge in [-0.1, -0.05) is 31.4 Å².